The Morgan fingerprint density at radius 3 is 2.73 bits per heavy atom. The second-order valence-electron chi connectivity index (χ2n) is 2.81. The third-order valence-electron chi connectivity index (χ3n) is 1.66. The molecule has 1 aromatic heterocycles. The van der Waals surface area contributed by atoms with Crippen LogP contribution in [-0.2, 0) is 11.3 Å². The van der Waals surface area contributed by atoms with Crippen molar-refractivity contribution >= 4 is 23.2 Å². The number of carbonyl (C=O) groups is 2. The number of carbonyl (C=O) groups excluding carboxylic acids is 1. The molecule has 0 unspecified atom stereocenters. The van der Waals surface area contributed by atoms with Crippen molar-refractivity contribution in [1.29, 1.82) is 0 Å². The Labute approximate surface area is 90.1 Å². The predicted octanol–water partition coefficient (Wildman–Crippen LogP) is -0.275. The number of aryl methyl sites for hydroxylation is 1. The number of nitrogens with one attached hydrogen (secondary N) is 1. The summed E-state index contributed by atoms with van der Waals surface area (Å²) in [5.41, 5.74) is 5.56. The van der Waals surface area contributed by atoms with E-state index in [0.29, 0.717) is 10.7 Å². The average molecular weight is 229 g/mol. The maximum absolute atomic E-state index is 10.8. The topological polar surface area (TPSA) is 105 Å². The molecule has 0 aliphatic carbocycles. The van der Waals surface area contributed by atoms with Crippen LogP contribution in [0.3, 0.4) is 0 Å². The Kier molecular flexibility index (Phi) is 3.75. The van der Waals surface area contributed by atoms with Crippen molar-refractivity contribution in [2.75, 3.05) is 6.54 Å². The summed E-state index contributed by atoms with van der Waals surface area (Å²) in [4.78, 5) is 25.7. The highest BCUT2D eigenvalue weighted by molar-refractivity contribution is 7.13. The largest absolute Gasteiger partial charge is 0.477 e. The summed E-state index contributed by atoms with van der Waals surface area (Å²) in [5, 5.41) is 11.8. The number of hydrogen-bond acceptors (Lipinski definition) is 5. The molecule has 0 radical (unpaired) electrons. The molecule has 0 aliphatic heterocycles. The van der Waals surface area contributed by atoms with Gasteiger partial charge < -0.3 is 16.2 Å². The van der Waals surface area contributed by atoms with Crippen LogP contribution in [-0.4, -0.2) is 28.5 Å². The van der Waals surface area contributed by atoms with Crippen molar-refractivity contribution < 1.29 is 14.7 Å². The predicted molar refractivity (Wildman–Crippen MR) is 54.7 cm³/mol. The van der Waals surface area contributed by atoms with E-state index >= 15 is 0 Å². The first kappa shape index (κ1) is 11.6. The number of rotatable bonds is 4. The lowest BCUT2D eigenvalue weighted by atomic mass is 10.4. The Hall–Kier alpha value is -1.47. The molecule has 15 heavy (non-hydrogen) atoms. The molecule has 82 valence electrons. The van der Waals surface area contributed by atoms with Crippen molar-refractivity contribution in [3.8, 4) is 0 Å². The molecule has 0 saturated heterocycles. The van der Waals surface area contributed by atoms with Crippen LogP contribution < -0.4 is 11.1 Å². The molecule has 0 fully saturated rings. The highest BCUT2D eigenvalue weighted by Crippen LogP contribution is 2.17. The molecule has 0 atom stereocenters. The van der Waals surface area contributed by atoms with E-state index in [2.05, 4.69) is 10.3 Å². The van der Waals surface area contributed by atoms with Crippen LogP contribution >= 0.6 is 11.3 Å². The average Bonchev–Trinajstić information content (AvgIpc) is 2.56. The molecule has 1 heterocycles. The second kappa shape index (κ2) is 4.85. The lowest BCUT2D eigenvalue weighted by Gasteiger charge is -1.98. The van der Waals surface area contributed by atoms with Gasteiger partial charge in [-0.2, -0.15) is 0 Å². The fraction of sp³-hybridized carbons (Fsp3) is 0.375. The number of aromatic nitrogens is 1. The van der Waals surface area contributed by atoms with E-state index in [-0.39, 0.29) is 23.9 Å². The van der Waals surface area contributed by atoms with Gasteiger partial charge in [-0.15, -0.1) is 11.3 Å². The van der Waals surface area contributed by atoms with E-state index in [1.165, 1.54) is 0 Å². The molecule has 0 aromatic carbocycles. The first-order valence-electron chi connectivity index (χ1n) is 4.21. The summed E-state index contributed by atoms with van der Waals surface area (Å²) in [5.74, 6) is -1.29. The first-order chi connectivity index (χ1) is 7.04. The van der Waals surface area contributed by atoms with Crippen molar-refractivity contribution in [2.24, 2.45) is 5.73 Å². The Bertz CT molecular complexity index is 388. The van der Waals surface area contributed by atoms with Crippen molar-refractivity contribution in [3.05, 3.63) is 15.6 Å². The molecule has 0 aliphatic rings. The van der Waals surface area contributed by atoms with E-state index in [0.717, 1.165) is 11.3 Å². The minimum absolute atomic E-state index is 0.0872. The molecule has 4 N–H and O–H groups in total. The van der Waals surface area contributed by atoms with Crippen molar-refractivity contribution in [3.63, 3.8) is 0 Å². The molecule has 1 aromatic rings. The van der Waals surface area contributed by atoms with Gasteiger partial charge in [0.2, 0.25) is 5.91 Å². The SMILES string of the molecule is Cc1nc(CNC(=O)CN)sc1C(=O)O. The fourth-order valence-electron chi connectivity index (χ4n) is 0.973. The van der Waals surface area contributed by atoms with Crippen LogP contribution in [0.4, 0.5) is 0 Å². The van der Waals surface area contributed by atoms with Crippen LogP contribution in [0.1, 0.15) is 20.4 Å². The lowest BCUT2D eigenvalue weighted by Crippen LogP contribution is -2.29. The Balaban J connectivity index is 2.67. The van der Waals surface area contributed by atoms with E-state index in [9.17, 15) is 9.59 Å². The van der Waals surface area contributed by atoms with Crippen LogP contribution in [0.2, 0.25) is 0 Å². The molecule has 0 bridgehead atoms. The second-order valence-corrected chi connectivity index (χ2v) is 3.89. The summed E-state index contributed by atoms with van der Waals surface area (Å²) in [6, 6.07) is 0. The van der Waals surface area contributed by atoms with Crippen molar-refractivity contribution in [1.82, 2.24) is 10.3 Å². The van der Waals surface area contributed by atoms with E-state index in [1.54, 1.807) is 6.92 Å². The normalized spacial score (nSPS) is 10.0. The van der Waals surface area contributed by atoms with Gasteiger partial charge in [0.15, 0.2) is 0 Å². The molecular formula is C8H11N3O3S. The summed E-state index contributed by atoms with van der Waals surface area (Å²) in [7, 11) is 0. The molecule has 1 rings (SSSR count). The minimum Gasteiger partial charge on any atom is -0.477 e. The van der Waals surface area contributed by atoms with Gasteiger partial charge in [-0.05, 0) is 6.92 Å². The minimum atomic E-state index is -0.999. The summed E-state index contributed by atoms with van der Waals surface area (Å²) in [6.07, 6.45) is 0. The smallest absolute Gasteiger partial charge is 0.347 e. The quantitative estimate of drug-likeness (QED) is 0.658. The first-order valence-corrected chi connectivity index (χ1v) is 5.02. The Morgan fingerprint density at radius 1 is 1.60 bits per heavy atom. The third-order valence-corrected chi connectivity index (χ3v) is 2.80. The highest BCUT2D eigenvalue weighted by atomic mass is 32.1. The molecule has 7 heteroatoms. The summed E-state index contributed by atoms with van der Waals surface area (Å²) in [6.45, 7) is 1.75. The number of hydrogen-bond donors (Lipinski definition) is 3. The molecule has 0 spiro atoms. The molecule has 6 nitrogen and oxygen atoms in total. The number of thiazole rings is 1. The van der Waals surface area contributed by atoms with Gasteiger partial charge in [0.25, 0.3) is 0 Å². The van der Waals surface area contributed by atoms with Gasteiger partial charge in [-0.25, -0.2) is 9.78 Å². The van der Waals surface area contributed by atoms with Gasteiger partial charge in [0.1, 0.15) is 9.88 Å². The van der Waals surface area contributed by atoms with Crippen LogP contribution in [0.25, 0.3) is 0 Å². The highest BCUT2D eigenvalue weighted by Gasteiger charge is 2.13. The van der Waals surface area contributed by atoms with Gasteiger partial charge >= 0.3 is 5.97 Å². The number of carboxylic acids is 1. The maximum Gasteiger partial charge on any atom is 0.347 e. The molecule has 1 amide bonds. The zero-order chi connectivity index (χ0) is 11.4. The number of carboxylic acid groups (broad SMARTS) is 1. The maximum atomic E-state index is 10.8. The molecule has 0 saturated carbocycles. The zero-order valence-corrected chi connectivity index (χ0v) is 8.93. The van der Waals surface area contributed by atoms with Gasteiger partial charge in [-0.3, -0.25) is 4.79 Å². The van der Waals surface area contributed by atoms with Gasteiger partial charge in [0.05, 0.1) is 18.8 Å². The van der Waals surface area contributed by atoms with Gasteiger partial charge in [0, 0.05) is 0 Å². The summed E-state index contributed by atoms with van der Waals surface area (Å²) < 4.78 is 0. The number of nitrogens with zero attached hydrogens (tertiary/aromatic N) is 1. The van der Waals surface area contributed by atoms with Crippen LogP contribution in [0.5, 0.6) is 0 Å². The van der Waals surface area contributed by atoms with E-state index in [1.807, 2.05) is 0 Å². The number of amides is 1. The molecular weight excluding hydrogens is 218 g/mol. The van der Waals surface area contributed by atoms with Crippen molar-refractivity contribution in [2.45, 2.75) is 13.5 Å². The van der Waals surface area contributed by atoms with Crippen LogP contribution in [0.15, 0.2) is 0 Å². The standard InChI is InChI=1S/C8H11N3O3S/c1-4-7(8(13)14)15-6(11-4)3-10-5(12)2-9/h2-3,9H2,1H3,(H,10,12)(H,13,14). The number of aromatic carboxylic acids is 1. The Morgan fingerprint density at radius 2 is 2.27 bits per heavy atom. The monoisotopic (exact) mass is 229 g/mol. The van der Waals surface area contributed by atoms with E-state index < -0.39 is 5.97 Å². The lowest BCUT2D eigenvalue weighted by molar-refractivity contribution is -0.119. The zero-order valence-electron chi connectivity index (χ0n) is 8.11. The summed E-state index contributed by atoms with van der Waals surface area (Å²) >= 11 is 1.05. The van der Waals surface area contributed by atoms with E-state index in [4.69, 9.17) is 10.8 Å². The fourth-order valence-corrected chi connectivity index (χ4v) is 1.82. The number of nitrogens with two attached hydrogens (primary N) is 1. The van der Waals surface area contributed by atoms with Crippen LogP contribution in [0, 0.1) is 6.92 Å². The van der Waals surface area contributed by atoms with Gasteiger partial charge in [-0.1, -0.05) is 0 Å². The third kappa shape index (κ3) is 3.00.